The van der Waals surface area contributed by atoms with Crippen molar-refractivity contribution in [3.63, 3.8) is 0 Å². The second-order valence-electron chi connectivity index (χ2n) is 9.54. The number of nitrogens with zero attached hydrogens (tertiary/aromatic N) is 2. The summed E-state index contributed by atoms with van der Waals surface area (Å²) in [6, 6.07) is 28.7. The number of rotatable bonds is 10. The Labute approximate surface area is 230 Å². The molecule has 7 nitrogen and oxygen atoms in total. The quantitative estimate of drug-likeness (QED) is 0.326. The van der Waals surface area contributed by atoms with Gasteiger partial charge in [0, 0.05) is 27.1 Å². The Bertz CT molecular complexity index is 1570. The molecule has 0 aromatic heterocycles. The number of hydrogen-bond acceptors (Lipinski definition) is 4. The Morgan fingerprint density at radius 3 is 2.18 bits per heavy atom. The molecule has 1 N–H and O–H groups in total. The molecule has 0 heterocycles. The predicted molar refractivity (Wildman–Crippen MR) is 153 cm³/mol. The fraction of sp³-hybridized carbons (Fsp3) is 0.226. The first-order chi connectivity index (χ1) is 18.7. The molecule has 0 spiro atoms. The number of sulfonamides is 1. The molecule has 0 unspecified atom stereocenters. The van der Waals surface area contributed by atoms with Crippen LogP contribution in [0, 0.1) is 6.92 Å². The maximum absolute atomic E-state index is 13.9. The monoisotopic (exact) mass is 543 g/mol. The minimum absolute atomic E-state index is 0.106. The second kappa shape index (κ2) is 12.2. The van der Waals surface area contributed by atoms with Gasteiger partial charge in [-0.2, -0.15) is 4.31 Å². The summed E-state index contributed by atoms with van der Waals surface area (Å²) in [5.74, 6) is -0.782. The summed E-state index contributed by atoms with van der Waals surface area (Å²) >= 11 is 0. The van der Waals surface area contributed by atoms with Crippen molar-refractivity contribution in [2.75, 3.05) is 20.6 Å². The van der Waals surface area contributed by atoms with Crippen LogP contribution in [0.25, 0.3) is 10.8 Å². The van der Waals surface area contributed by atoms with Gasteiger partial charge in [-0.1, -0.05) is 84.9 Å². The molecule has 0 saturated heterocycles. The largest absolute Gasteiger partial charge is 0.357 e. The number of likely N-dealkylation sites (N-methyl/N-ethyl adjacent to an activating group) is 2. The molecule has 202 valence electrons. The zero-order valence-electron chi connectivity index (χ0n) is 22.4. The van der Waals surface area contributed by atoms with E-state index in [1.54, 1.807) is 18.2 Å². The smallest absolute Gasteiger partial charge is 0.243 e. The Balaban J connectivity index is 1.66. The number of nitrogens with one attached hydrogen (secondary N) is 1. The maximum atomic E-state index is 13.9. The molecular weight excluding hydrogens is 510 g/mol. The highest BCUT2D eigenvalue weighted by molar-refractivity contribution is 7.89. The maximum Gasteiger partial charge on any atom is 0.243 e. The van der Waals surface area contributed by atoms with E-state index >= 15 is 0 Å². The Morgan fingerprint density at radius 1 is 0.846 bits per heavy atom. The summed E-state index contributed by atoms with van der Waals surface area (Å²) in [4.78, 5) is 28.6. The van der Waals surface area contributed by atoms with E-state index in [0.29, 0.717) is 6.42 Å². The zero-order valence-corrected chi connectivity index (χ0v) is 23.2. The van der Waals surface area contributed by atoms with E-state index < -0.39 is 28.5 Å². The zero-order chi connectivity index (χ0) is 28.0. The molecule has 0 saturated carbocycles. The highest BCUT2D eigenvalue weighted by atomic mass is 32.2. The van der Waals surface area contributed by atoms with Crippen molar-refractivity contribution in [2.24, 2.45) is 0 Å². The van der Waals surface area contributed by atoms with Crippen molar-refractivity contribution in [1.82, 2.24) is 14.5 Å². The number of carbonyl (C=O) groups excluding carboxylic acids is 2. The Morgan fingerprint density at radius 2 is 1.49 bits per heavy atom. The van der Waals surface area contributed by atoms with Crippen molar-refractivity contribution in [3.8, 4) is 0 Å². The first-order valence-corrected chi connectivity index (χ1v) is 14.2. The van der Waals surface area contributed by atoms with E-state index in [-0.39, 0.29) is 17.3 Å². The van der Waals surface area contributed by atoms with Gasteiger partial charge < -0.3 is 10.2 Å². The Hall–Kier alpha value is -4.01. The molecule has 0 bridgehead atoms. The van der Waals surface area contributed by atoms with Gasteiger partial charge in [-0.25, -0.2) is 8.42 Å². The van der Waals surface area contributed by atoms with Crippen LogP contribution < -0.4 is 5.32 Å². The molecule has 8 heteroatoms. The van der Waals surface area contributed by atoms with Gasteiger partial charge in [-0.3, -0.25) is 9.59 Å². The standard InChI is InChI=1S/C31H33N3O4S/c1-23-11-7-8-16-27(23)21-34(29(31(36)32-2)19-24-12-5-4-6-13-24)30(35)22-33(3)39(37,38)28-18-17-25-14-9-10-15-26(25)20-28/h4-18,20,29H,19,21-22H2,1-3H3,(H,32,36)/t29-/m1/s1. The molecule has 1 atom stereocenters. The van der Waals surface area contributed by atoms with Crippen LogP contribution in [0.2, 0.25) is 0 Å². The average molecular weight is 544 g/mol. The normalized spacial score (nSPS) is 12.3. The third-order valence-corrected chi connectivity index (χ3v) is 8.71. The molecule has 0 aliphatic rings. The van der Waals surface area contributed by atoms with E-state index in [9.17, 15) is 18.0 Å². The lowest BCUT2D eigenvalue weighted by molar-refractivity contribution is -0.141. The van der Waals surface area contributed by atoms with E-state index in [4.69, 9.17) is 0 Å². The minimum Gasteiger partial charge on any atom is -0.357 e. The number of benzene rings is 4. The first-order valence-electron chi connectivity index (χ1n) is 12.8. The molecule has 4 rings (SSSR count). The topological polar surface area (TPSA) is 86.8 Å². The van der Waals surface area contributed by atoms with Gasteiger partial charge in [0.05, 0.1) is 11.4 Å². The van der Waals surface area contributed by atoms with Gasteiger partial charge in [0.15, 0.2) is 0 Å². The fourth-order valence-corrected chi connectivity index (χ4v) is 5.72. The van der Waals surface area contributed by atoms with E-state index in [0.717, 1.165) is 31.8 Å². The Kier molecular flexibility index (Phi) is 8.79. The minimum atomic E-state index is -3.97. The van der Waals surface area contributed by atoms with Crippen molar-refractivity contribution in [2.45, 2.75) is 30.8 Å². The number of hydrogen-bond donors (Lipinski definition) is 1. The van der Waals surface area contributed by atoms with Crippen LogP contribution in [0.4, 0.5) is 0 Å². The molecule has 2 amide bonds. The van der Waals surface area contributed by atoms with Gasteiger partial charge in [0.1, 0.15) is 6.04 Å². The number of amides is 2. The molecule has 0 aliphatic heterocycles. The van der Waals surface area contributed by atoms with Crippen molar-refractivity contribution < 1.29 is 18.0 Å². The lowest BCUT2D eigenvalue weighted by Gasteiger charge is -2.32. The first kappa shape index (κ1) is 28.0. The van der Waals surface area contributed by atoms with Crippen LogP contribution in [0.15, 0.2) is 102 Å². The van der Waals surface area contributed by atoms with E-state index in [2.05, 4.69) is 5.32 Å². The third-order valence-electron chi connectivity index (χ3n) is 6.91. The summed E-state index contributed by atoms with van der Waals surface area (Å²) in [5.41, 5.74) is 2.75. The lowest BCUT2D eigenvalue weighted by Crippen LogP contribution is -2.52. The van der Waals surface area contributed by atoms with Crippen LogP contribution in [0.3, 0.4) is 0 Å². The number of aryl methyl sites for hydroxylation is 1. The molecule has 0 aliphatic carbocycles. The van der Waals surface area contributed by atoms with Crippen molar-refractivity contribution in [1.29, 1.82) is 0 Å². The van der Waals surface area contributed by atoms with Crippen molar-refractivity contribution >= 4 is 32.6 Å². The SMILES string of the molecule is CNC(=O)[C@@H](Cc1ccccc1)N(Cc1ccccc1C)C(=O)CN(C)S(=O)(=O)c1ccc2ccccc2c1. The van der Waals surface area contributed by atoms with Crippen molar-refractivity contribution in [3.05, 3.63) is 114 Å². The average Bonchev–Trinajstić information content (AvgIpc) is 2.95. The summed E-state index contributed by atoms with van der Waals surface area (Å²) in [6.45, 7) is 1.70. The van der Waals surface area contributed by atoms with E-state index in [1.165, 1.54) is 19.0 Å². The van der Waals surface area contributed by atoms with E-state index in [1.807, 2.05) is 85.8 Å². The van der Waals surface area contributed by atoms with Crippen LogP contribution in [0.5, 0.6) is 0 Å². The van der Waals surface area contributed by atoms with Crippen LogP contribution >= 0.6 is 0 Å². The summed E-state index contributed by atoms with van der Waals surface area (Å²) < 4.78 is 28.0. The summed E-state index contributed by atoms with van der Waals surface area (Å²) in [7, 11) is -1.04. The molecule has 39 heavy (non-hydrogen) atoms. The van der Waals surface area contributed by atoms with Gasteiger partial charge in [-0.15, -0.1) is 0 Å². The van der Waals surface area contributed by atoms with Gasteiger partial charge in [0.2, 0.25) is 21.8 Å². The molecule has 0 radical (unpaired) electrons. The molecular formula is C31H33N3O4S. The number of carbonyl (C=O) groups is 2. The summed E-state index contributed by atoms with van der Waals surface area (Å²) in [6.07, 6.45) is 0.291. The number of fused-ring (bicyclic) bond motifs is 1. The molecule has 0 fully saturated rings. The lowest BCUT2D eigenvalue weighted by atomic mass is 10.0. The highest BCUT2D eigenvalue weighted by Crippen LogP contribution is 2.22. The predicted octanol–water partition coefficient (Wildman–Crippen LogP) is 4.15. The van der Waals surface area contributed by atoms with Crippen LogP contribution in [-0.2, 0) is 32.6 Å². The van der Waals surface area contributed by atoms with Gasteiger partial charge in [-0.05, 0) is 46.5 Å². The molecule has 4 aromatic carbocycles. The fourth-order valence-electron chi connectivity index (χ4n) is 4.57. The third kappa shape index (κ3) is 6.53. The second-order valence-corrected chi connectivity index (χ2v) is 11.6. The van der Waals surface area contributed by atoms with Gasteiger partial charge >= 0.3 is 0 Å². The summed E-state index contributed by atoms with van der Waals surface area (Å²) in [5, 5.41) is 4.40. The molecule has 4 aromatic rings. The highest BCUT2D eigenvalue weighted by Gasteiger charge is 2.32. The van der Waals surface area contributed by atoms with Gasteiger partial charge in [0.25, 0.3) is 0 Å². The van der Waals surface area contributed by atoms with Crippen LogP contribution in [0.1, 0.15) is 16.7 Å². The van der Waals surface area contributed by atoms with Crippen LogP contribution in [-0.4, -0.2) is 56.1 Å².